The lowest BCUT2D eigenvalue weighted by atomic mass is 9.99. The van der Waals surface area contributed by atoms with E-state index in [0.717, 1.165) is 35.7 Å². The molecule has 2 aliphatic heterocycles. The zero-order valence-corrected chi connectivity index (χ0v) is 13.0. The Morgan fingerprint density at radius 3 is 3.10 bits per heavy atom. The van der Waals surface area contributed by atoms with Gasteiger partial charge in [-0.1, -0.05) is 6.42 Å². The fraction of sp³-hybridized carbons (Fsp3) is 0.571. The predicted molar refractivity (Wildman–Crippen MR) is 82.1 cm³/mol. The summed E-state index contributed by atoms with van der Waals surface area (Å²) in [7, 11) is 0. The standard InChI is InChI=1S/C14H18BrN5/c15-12-10-19-6-4-16-13(19)14(17-12)20-8-7-18-5-2-1-3-11(18)9-20/h4,6,10-11H,1-3,5,7-9H2. The highest BCUT2D eigenvalue weighted by atomic mass is 79.9. The summed E-state index contributed by atoms with van der Waals surface area (Å²) in [6.45, 7) is 4.53. The summed E-state index contributed by atoms with van der Waals surface area (Å²) in [6.07, 6.45) is 9.81. The van der Waals surface area contributed by atoms with E-state index >= 15 is 0 Å². The van der Waals surface area contributed by atoms with Crippen LogP contribution in [0.2, 0.25) is 0 Å². The van der Waals surface area contributed by atoms with Crippen molar-refractivity contribution in [2.24, 2.45) is 0 Å². The summed E-state index contributed by atoms with van der Waals surface area (Å²) in [5, 5.41) is 0. The normalized spacial score (nSPS) is 24.1. The average molecular weight is 336 g/mol. The Morgan fingerprint density at radius 2 is 2.15 bits per heavy atom. The van der Waals surface area contributed by atoms with Gasteiger partial charge in [0.05, 0.1) is 0 Å². The van der Waals surface area contributed by atoms with Crippen molar-refractivity contribution in [2.45, 2.75) is 25.3 Å². The second-order valence-electron chi connectivity index (χ2n) is 5.68. The molecule has 1 atom stereocenters. The van der Waals surface area contributed by atoms with Gasteiger partial charge in [0.2, 0.25) is 0 Å². The summed E-state index contributed by atoms with van der Waals surface area (Å²) >= 11 is 3.51. The SMILES string of the molecule is Brc1cn2ccnc2c(N2CCN3CCCCC3C2)n1. The van der Waals surface area contributed by atoms with Crippen LogP contribution in [0.25, 0.3) is 5.65 Å². The quantitative estimate of drug-likeness (QED) is 0.800. The molecule has 4 heterocycles. The summed E-state index contributed by atoms with van der Waals surface area (Å²) < 4.78 is 2.91. The maximum atomic E-state index is 4.68. The molecule has 106 valence electrons. The Bertz CT molecular complexity index is 625. The van der Waals surface area contributed by atoms with Gasteiger partial charge in [0.1, 0.15) is 4.60 Å². The summed E-state index contributed by atoms with van der Waals surface area (Å²) in [5.41, 5.74) is 0.956. The number of hydrogen-bond acceptors (Lipinski definition) is 4. The number of aromatic nitrogens is 3. The molecule has 0 radical (unpaired) electrons. The minimum atomic E-state index is 0.688. The summed E-state index contributed by atoms with van der Waals surface area (Å²) in [6, 6.07) is 0.688. The fourth-order valence-corrected chi connectivity index (χ4v) is 3.83. The van der Waals surface area contributed by atoms with E-state index in [1.807, 2.05) is 23.0 Å². The monoisotopic (exact) mass is 335 g/mol. The largest absolute Gasteiger partial charge is 0.351 e. The number of piperazine rings is 1. The molecule has 0 aliphatic carbocycles. The van der Waals surface area contributed by atoms with Crippen molar-refractivity contribution < 1.29 is 0 Å². The predicted octanol–water partition coefficient (Wildman–Crippen LogP) is 2.17. The van der Waals surface area contributed by atoms with Crippen LogP contribution in [0.4, 0.5) is 5.82 Å². The van der Waals surface area contributed by atoms with Crippen LogP contribution in [-0.2, 0) is 0 Å². The first kappa shape index (κ1) is 12.6. The van der Waals surface area contributed by atoms with Crippen molar-refractivity contribution in [3.63, 3.8) is 0 Å². The number of anilines is 1. The van der Waals surface area contributed by atoms with Crippen molar-refractivity contribution in [1.29, 1.82) is 0 Å². The summed E-state index contributed by atoms with van der Waals surface area (Å²) in [5.74, 6) is 1.01. The molecule has 0 aromatic carbocycles. The molecule has 2 aliphatic rings. The Kier molecular flexibility index (Phi) is 3.15. The molecule has 2 fully saturated rings. The second-order valence-corrected chi connectivity index (χ2v) is 6.49. The Hall–Kier alpha value is -1.14. The van der Waals surface area contributed by atoms with Crippen LogP contribution in [0.5, 0.6) is 0 Å². The molecule has 2 aromatic rings. The van der Waals surface area contributed by atoms with Gasteiger partial charge in [0.15, 0.2) is 11.5 Å². The molecule has 1 unspecified atom stereocenters. The Balaban J connectivity index is 1.67. The van der Waals surface area contributed by atoms with Crippen molar-refractivity contribution in [2.75, 3.05) is 31.1 Å². The van der Waals surface area contributed by atoms with E-state index in [0.29, 0.717) is 6.04 Å². The minimum Gasteiger partial charge on any atom is -0.351 e. The Labute approximate surface area is 126 Å². The van der Waals surface area contributed by atoms with Gasteiger partial charge in [-0.3, -0.25) is 4.90 Å². The molecule has 0 bridgehead atoms. The third-order valence-corrected chi connectivity index (χ3v) is 4.85. The molecule has 4 rings (SSSR count). The smallest absolute Gasteiger partial charge is 0.180 e. The molecule has 0 saturated carbocycles. The molecule has 0 amide bonds. The summed E-state index contributed by atoms with van der Waals surface area (Å²) in [4.78, 5) is 14.2. The van der Waals surface area contributed by atoms with Crippen LogP contribution in [0.15, 0.2) is 23.2 Å². The zero-order valence-electron chi connectivity index (χ0n) is 11.4. The van der Waals surface area contributed by atoms with E-state index in [-0.39, 0.29) is 0 Å². The first-order valence-corrected chi connectivity index (χ1v) is 8.09. The molecule has 2 saturated heterocycles. The fourth-order valence-electron chi connectivity index (χ4n) is 3.45. The van der Waals surface area contributed by atoms with Gasteiger partial charge < -0.3 is 9.30 Å². The van der Waals surface area contributed by atoms with Crippen molar-refractivity contribution in [3.05, 3.63) is 23.2 Å². The van der Waals surface area contributed by atoms with Crippen LogP contribution in [0.3, 0.4) is 0 Å². The number of hydrogen-bond donors (Lipinski definition) is 0. The van der Waals surface area contributed by atoms with Gasteiger partial charge in [-0.25, -0.2) is 9.97 Å². The minimum absolute atomic E-state index is 0.688. The van der Waals surface area contributed by atoms with Crippen LogP contribution in [0.1, 0.15) is 19.3 Å². The van der Waals surface area contributed by atoms with E-state index in [9.17, 15) is 0 Å². The van der Waals surface area contributed by atoms with Crippen LogP contribution < -0.4 is 4.90 Å². The Morgan fingerprint density at radius 1 is 1.20 bits per heavy atom. The van der Waals surface area contributed by atoms with Crippen molar-refractivity contribution >= 4 is 27.4 Å². The highest BCUT2D eigenvalue weighted by Gasteiger charge is 2.30. The number of imidazole rings is 1. The van der Waals surface area contributed by atoms with Gasteiger partial charge >= 0.3 is 0 Å². The van der Waals surface area contributed by atoms with Gasteiger partial charge in [0, 0.05) is 44.3 Å². The zero-order chi connectivity index (χ0) is 13.5. The van der Waals surface area contributed by atoms with E-state index in [4.69, 9.17) is 0 Å². The number of halogens is 1. The number of rotatable bonds is 1. The van der Waals surface area contributed by atoms with Crippen molar-refractivity contribution in [1.82, 2.24) is 19.3 Å². The highest BCUT2D eigenvalue weighted by Crippen LogP contribution is 2.27. The molecule has 0 N–H and O–H groups in total. The molecule has 20 heavy (non-hydrogen) atoms. The maximum absolute atomic E-state index is 4.68. The van der Waals surface area contributed by atoms with Gasteiger partial charge in [-0.05, 0) is 35.3 Å². The van der Waals surface area contributed by atoms with Gasteiger partial charge in [-0.2, -0.15) is 0 Å². The van der Waals surface area contributed by atoms with Crippen LogP contribution in [-0.4, -0.2) is 51.5 Å². The van der Waals surface area contributed by atoms with Gasteiger partial charge in [0.25, 0.3) is 0 Å². The number of fused-ring (bicyclic) bond motifs is 2. The van der Waals surface area contributed by atoms with Crippen LogP contribution in [0, 0.1) is 0 Å². The maximum Gasteiger partial charge on any atom is 0.180 e. The number of nitrogens with zero attached hydrogens (tertiary/aromatic N) is 5. The second kappa shape index (κ2) is 5.00. The molecule has 5 nitrogen and oxygen atoms in total. The number of piperidine rings is 1. The first-order chi connectivity index (χ1) is 9.81. The van der Waals surface area contributed by atoms with E-state index in [1.165, 1.54) is 25.8 Å². The van der Waals surface area contributed by atoms with Gasteiger partial charge in [-0.15, -0.1) is 0 Å². The molecule has 2 aromatic heterocycles. The topological polar surface area (TPSA) is 36.7 Å². The molecular formula is C14H18BrN5. The van der Waals surface area contributed by atoms with Crippen LogP contribution >= 0.6 is 15.9 Å². The first-order valence-electron chi connectivity index (χ1n) is 7.29. The molecule has 6 heteroatoms. The lowest BCUT2D eigenvalue weighted by molar-refractivity contribution is 0.133. The lowest BCUT2D eigenvalue weighted by Crippen LogP contribution is -2.55. The molecule has 0 spiro atoms. The lowest BCUT2D eigenvalue weighted by Gasteiger charge is -2.44. The van der Waals surface area contributed by atoms with E-state index in [2.05, 4.69) is 35.7 Å². The average Bonchev–Trinajstić information content (AvgIpc) is 2.94. The third kappa shape index (κ3) is 2.11. The third-order valence-electron chi connectivity index (χ3n) is 4.46. The van der Waals surface area contributed by atoms with E-state index < -0.39 is 0 Å². The highest BCUT2D eigenvalue weighted by molar-refractivity contribution is 9.10. The van der Waals surface area contributed by atoms with E-state index in [1.54, 1.807) is 0 Å². The molecular weight excluding hydrogens is 318 g/mol. The van der Waals surface area contributed by atoms with Crippen molar-refractivity contribution in [3.8, 4) is 0 Å².